The summed E-state index contributed by atoms with van der Waals surface area (Å²) in [6, 6.07) is 11.3. The Morgan fingerprint density at radius 3 is 2.58 bits per heavy atom. The Labute approximate surface area is 183 Å². The van der Waals surface area contributed by atoms with Crippen LogP contribution in [0.5, 0.6) is 11.5 Å². The van der Waals surface area contributed by atoms with Crippen molar-refractivity contribution in [3.8, 4) is 11.5 Å². The third-order valence-corrected chi connectivity index (χ3v) is 6.23. The molecule has 1 aliphatic heterocycles. The maximum atomic E-state index is 13.1. The fraction of sp³-hybridized carbons (Fsp3) is 0.348. The first-order valence-corrected chi connectivity index (χ1v) is 11.0. The monoisotopic (exact) mass is 440 g/mol. The van der Waals surface area contributed by atoms with E-state index in [4.69, 9.17) is 14.2 Å². The van der Waals surface area contributed by atoms with Crippen LogP contribution in [0.1, 0.15) is 25.0 Å². The van der Waals surface area contributed by atoms with Crippen LogP contribution in [-0.4, -0.2) is 35.3 Å². The number of aryl methyl sites for hydroxylation is 2. The third-order valence-electron chi connectivity index (χ3n) is 5.00. The van der Waals surface area contributed by atoms with Crippen LogP contribution in [0.3, 0.4) is 0 Å². The van der Waals surface area contributed by atoms with E-state index in [0.717, 1.165) is 21.3 Å². The summed E-state index contributed by atoms with van der Waals surface area (Å²) in [5.41, 5.74) is 2.97. The van der Waals surface area contributed by atoms with E-state index in [1.807, 2.05) is 32.0 Å². The average Bonchev–Trinajstić information content (AvgIpc) is 3.05. The van der Waals surface area contributed by atoms with Crippen molar-refractivity contribution < 1.29 is 23.8 Å². The van der Waals surface area contributed by atoms with Crippen LogP contribution in [0, 0.1) is 13.8 Å². The second kappa shape index (κ2) is 8.55. The fourth-order valence-corrected chi connectivity index (χ4v) is 4.72. The number of para-hydroxylation sites is 2. The zero-order valence-electron chi connectivity index (χ0n) is 17.9. The highest BCUT2D eigenvalue weighted by Crippen LogP contribution is 2.33. The molecule has 2 aromatic carbocycles. The van der Waals surface area contributed by atoms with Gasteiger partial charge in [0.2, 0.25) is 6.10 Å². The van der Waals surface area contributed by atoms with Crippen LogP contribution in [0.4, 0.5) is 0 Å². The number of hydrogen-bond acceptors (Lipinski definition) is 6. The standard InChI is InChI=1S/C23H24N2O5S/c1-5-28-19(26)12-25-16-11-13(2)10-14(3)21(16)31-23(25)24-22(27)20-15(4)29-17-8-6-7-9-18(17)30-20/h6-11,15,20H,5,12H2,1-4H3. The Bertz CT molecular complexity index is 1230. The van der Waals surface area contributed by atoms with Crippen molar-refractivity contribution in [1.29, 1.82) is 0 Å². The maximum absolute atomic E-state index is 13.1. The molecule has 0 bridgehead atoms. The summed E-state index contributed by atoms with van der Waals surface area (Å²) in [6.45, 7) is 7.80. The summed E-state index contributed by atoms with van der Waals surface area (Å²) in [5.74, 6) is 0.274. The van der Waals surface area contributed by atoms with E-state index in [9.17, 15) is 9.59 Å². The molecule has 0 N–H and O–H groups in total. The number of esters is 1. The molecule has 162 valence electrons. The lowest BCUT2D eigenvalue weighted by atomic mass is 10.1. The first-order chi connectivity index (χ1) is 14.9. The van der Waals surface area contributed by atoms with Gasteiger partial charge in [-0.25, -0.2) is 0 Å². The minimum absolute atomic E-state index is 0.0245. The molecule has 8 heteroatoms. The average molecular weight is 441 g/mol. The molecule has 3 aromatic rings. The second-order valence-electron chi connectivity index (χ2n) is 7.46. The molecular formula is C23H24N2O5S. The Kier molecular flexibility index (Phi) is 5.82. The molecule has 0 spiro atoms. The van der Waals surface area contributed by atoms with Gasteiger partial charge in [0.25, 0.3) is 5.91 Å². The van der Waals surface area contributed by atoms with Crippen LogP contribution in [-0.2, 0) is 20.9 Å². The van der Waals surface area contributed by atoms with Crippen LogP contribution in [0.15, 0.2) is 41.4 Å². The van der Waals surface area contributed by atoms with Crippen molar-refractivity contribution in [3.63, 3.8) is 0 Å². The van der Waals surface area contributed by atoms with Gasteiger partial charge in [-0.2, -0.15) is 4.99 Å². The Morgan fingerprint density at radius 2 is 1.87 bits per heavy atom. The number of aromatic nitrogens is 1. The number of hydrogen-bond donors (Lipinski definition) is 0. The predicted molar refractivity (Wildman–Crippen MR) is 117 cm³/mol. The van der Waals surface area contributed by atoms with Crippen molar-refractivity contribution in [2.24, 2.45) is 4.99 Å². The maximum Gasteiger partial charge on any atom is 0.326 e. The van der Waals surface area contributed by atoms with Gasteiger partial charge < -0.3 is 18.8 Å². The molecule has 2 heterocycles. The summed E-state index contributed by atoms with van der Waals surface area (Å²) in [6.07, 6.45) is -1.37. The molecule has 31 heavy (non-hydrogen) atoms. The highest BCUT2D eigenvalue weighted by Gasteiger charge is 2.34. The number of fused-ring (bicyclic) bond motifs is 2. The number of thiazole rings is 1. The molecule has 0 saturated heterocycles. The molecule has 1 amide bonds. The van der Waals surface area contributed by atoms with Crippen LogP contribution >= 0.6 is 11.3 Å². The van der Waals surface area contributed by atoms with Crippen molar-refractivity contribution in [2.45, 2.75) is 46.4 Å². The zero-order chi connectivity index (χ0) is 22.1. The molecule has 1 aromatic heterocycles. The lowest BCUT2D eigenvalue weighted by Gasteiger charge is -2.29. The Balaban J connectivity index is 1.76. The van der Waals surface area contributed by atoms with Crippen molar-refractivity contribution >= 4 is 33.4 Å². The van der Waals surface area contributed by atoms with Gasteiger partial charge in [0.1, 0.15) is 12.6 Å². The van der Waals surface area contributed by atoms with Crippen LogP contribution in [0.25, 0.3) is 10.2 Å². The zero-order valence-corrected chi connectivity index (χ0v) is 18.7. The number of carbonyl (C=O) groups excluding carboxylic acids is 2. The molecule has 0 saturated carbocycles. The predicted octanol–water partition coefficient (Wildman–Crippen LogP) is 3.54. The number of benzene rings is 2. The minimum atomic E-state index is -0.876. The molecule has 2 atom stereocenters. The molecule has 4 rings (SSSR count). The van der Waals surface area contributed by atoms with Gasteiger partial charge in [-0.05, 0) is 57.0 Å². The fourth-order valence-electron chi connectivity index (χ4n) is 3.63. The second-order valence-corrected chi connectivity index (χ2v) is 8.44. The van der Waals surface area contributed by atoms with Crippen LogP contribution in [0.2, 0.25) is 0 Å². The Morgan fingerprint density at radius 1 is 1.16 bits per heavy atom. The van der Waals surface area contributed by atoms with E-state index in [-0.39, 0.29) is 19.1 Å². The van der Waals surface area contributed by atoms with Gasteiger partial charge in [0.15, 0.2) is 16.3 Å². The largest absolute Gasteiger partial charge is 0.482 e. The first kappa shape index (κ1) is 21.1. The lowest BCUT2D eigenvalue weighted by molar-refractivity contribution is -0.143. The van der Waals surface area contributed by atoms with Gasteiger partial charge >= 0.3 is 5.97 Å². The molecule has 0 aliphatic carbocycles. The van der Waals surface area contributed by atoms with Gasteiger partial charge in [-0.15, -0.1) is 0 Å². The summed E-state index contributed by atoms with van der Waals surface area (Å²) >= 11 is 1.37. The molecule has 0 fully saturated rings. The summed E-state index contributed by atoms with van der Waals surface area (Å²) < 4.78 is 19.6. The van der Waals surface area contributed by atoms with Crippen molar-refractivity contribution in [3.05, 3.63) is 52.3 Å². The summed E-state index contributed by atoms with van der Waals surface area (Å²) in [4.78, 5) is 30.1. The van der Waals surface area contributed by atoms with E-state index >= 15 is 0 Å². The van der Waals surface area contributed by atoms with E-state index in [1.54, 1.807) is 30.5 Å². The van der Waals surface area contributed by atoms with Gasteiger partial charge in [0, 0.05) is 0 Å². The van der Waals surface area contributed by atoms with Gasteiger partial charge in [0.05, 0.1) is 16.8 Å². The summed E-state index contributed by atoms with van der Waals surface area (Å²) in [7, 11) is 0. The lowest BCUT2D eigenvalue weighted by Crippen LogP contribution is -2.43. The number of carbonyl (C=O) groups is 2. The van der Waals surface area contributed by atoms with E-state index < -0.39 is 18.1 Å². The quantitative estimate of drug-likeness (QED) is 0.580. The molecular weight excluding hydrogens is 416 g/mol. The van der Waals surface area contributed by atoms with Gasteiger partial charge in [-0.1, -0.05) is 29.5 Å². The number of amides is 1. The molecule has 1 aliphatic rings. The molecule has 7 nitrogen and oxygen atoms in total. The number of rotatable bonds is 4. The topological polar surface area (TPSA) is 79.1 Å². The smallest absolute Gasteiger partial charge is 0.326 e. The minimum Gasteiger partial charge on any atom is -0.482 e. The molecule has 2 unspecified atom stereocenters. The molecule has 0 radical (unpaired) electrons. The van der Waals surface area contributed by atoms with Crippen molar-refractivity contribution in [2.75, 3.05) is 6.61 Å². The highest BCUT2D eigenvalue weighted by atomic mass is 32.1. The van der Waals surface area contributed by atoms with Crippen LogP contribution < -0.4 is 14.3 Å². The van der Waals surface area contributed by atoms with E-state index in [1.165, 1.54) is 11.3 Å². The Hall–Kier alpha value is -3.13. The van der Waals surface area contributed by atoms with E-state index in [2.05, 4.69) is 11.1 Å². The number of ether oxygens (including phenoxy) is 3. The summed E-state index contributed by atoms with van der Waals surface area (Å²) in [5, 5.41) is 0. The third kappa shape index (κ3) is 4.20. The number of nitrogens with zero attached hydrogens (tertiary/aromatic N) is 2. The SMILES string of the molecule is CCOC(=O)Cn1c(=NC(=O)C2Oc3ccccc3OC2C)sc2c(C)cc(C)cc21. The normalized spacial score (nSPS) is 18.3. The van der Waals surface area contributed by atoms with E-state index in [0.29, 0.717) is 16.3 Å². The highest BCUT2D eigenvalue weighted by molar-refractivity contribution is 7.16. The van der Waals surface area contributed by atoms with Crippen molar-refractivity contribution in [1.82, 2.24) is 4.57 Å². The first-order valence-electron chi connectivity index (χ1n) is 10.1. The van der Waals surface area contributed by atoms with Gasteiger partial charge in [-0.3, -0.25) is 9.59 Å².